The number of methoxy groups -OCH3 is 1. The first kappa shape index (κ1) is 29.6. The van der Waals surface area contributed by atoms with Crippen molar-refractivity contribution in [3.05, 3.63) is 99.1 Å². The largest absolute Gasteiger partial charge is 0.497 e. The Morgan fingerprint density at radius 1 is 0.905 bits per heavy atom. The van der Waals surface area contributed by atoms with Gasteiger partial charge in [0, 0.05) is 11.6 Å². The first-order chi connectivity index (χ1) is 20.0. The van der Waals surface area contributed by atoms with E-state index < -0.39 is 58.4 Å². The average molecular weight is 575 g/mol. The molecule has 12 nitrogen and oxygen atoms in total. The molecule has 1 unspecified atom stereocenters. The molecule has 2 amide bonds. The fourth-order valence-corrected chi connectivity index (χ4v) is 4.42. The maximum atomic E-state index is 13.1. The molecule has 42 heavy (non-hydrogen) atoms. The van der Waals surface area contributed by atoms with Gasteiger partial charge in [0.25, 0.3) is 17.5 Å². The number of fused-ring (bicyclic) bond motifs is 1. The molecular formula is C30H26N2O10. The molecule has 0 spiro atoms. The molecule has 0 radical (unpaired) electrons. The van der Waals surface area contributed by atoms with Gasteiger partial charge in [0.1, 0.15) is 23.1 Å². The molecule has 12 heteroatoms. The van der Waals surface area contributed by atoms with Crippen molar-refractivity contribution in [3.63, 3.8) is 0 Å². The molecule has 1 aliphatic rings. The van der Waals surface area contributed by atoms with Crippen molar-refractivity contribution in [1.82, 2.24) is 4.90 Å². The summed E-state index contributed by atoms with van der Waals surface area (Å²) in [6.07, 6.45) is 0.0135. The normalized spacial score (nSPS) is 13.0. The molecule has 0 N–H and O–H groups in total. The number of benzene rings is 3. The number of nitro groups is 1. The lowest BCUT2D eigenvalue weighted by atomic mass is 10.0. The molecule has 1 aliphatic heterocycles. The van der Waals surface area contributed by atoms with Crippen molar-refractivity contribution in [2.24, 2.45) is 5.92 Å². The number of Topliss-reactive ketones (excluding diaryl/α,β-unsaturated/α-hetero) is 1. The average Bonchev–Trinajstić information content (AvgIpc) is 3.23. The number of ether oxygens (including phenoxy) is 3. The fraction of sp³-hybridized carbons (Fsp3) is 0.233. The number of hydrogen-bond acceptors (Lipinski definition) is 10. The van der Waals surface area contributed by atoms with Crippen LogP contribution in [0, 0.1) is 16.0 Å². The monoisotopic (exact) mass is 574 g/mol. The van der Waals surface area contributed by atoms with Crippen LogP contribution in [0.1, 0.15) is 61.7 Å². The molecule has 3 aromatic carbocycles. The topological polar surface area (TPSA) is 159 Å². The van der Waals surface area contributed by atoms with Gasteiger partial charge in [0.2, 0.25) is 0 Å². The first-order valence-electron chi connectivity index (χ1n) is 12.8. The molecule has 0 aromatic heterocycles. The lowest BCUT2D eigenvalue weighted by Gasteiger charge is -2.25. The standard InChI is InChI=1S/C30H26N2O10/c1-17(2)14-24(31-27(34)22-8-5-9-23(32(38)39)26(22)28(31)35)30(37)41-16-25(33)18-10-12-20(13-11-18)42-29(36)19-6-4-7-21(15-19)40-3/h4-13,15,17,24H,14,16H2,1-3H3. The summed E-state index contributed by atoms with van der Waals surface area (Å²) in [5.41, 5.74) is -0.694. The number of rotatable bonds is 11. The van der Waals surface area contributed by atoms with Crippen molar-refractivity contribution in [2.45, 2.75) is 26.3 Å². The van der Waals surface area contributed by atoms with Gasteiger partial charge < -0.3 is 14.2 Å². The number of ketones is 1. The van der Waals surface area contributed by atoms with Crippen molar-refractivity contribution in [1.29, 1.82) is 0 Å². The highest BCUT2D eigenvalue weighted by Gasteiger charge is 2.47. The highest BCUT2D eigenvalue weighted by atomic mass is 16.6. The van der Waals surface area contributed by atoms with Crippen LogP contribution in [0.5, 0.6) is 11.5 Å². The van der Waals surface area contributed by atoms with Crippen LogP contribution in [0.15, 0.2) is 66.7 Å². The summed E-state index contributed by atoms with van der Waals surface area (Å²) in [6.45, 7) is 2.82. The Hall–Kier alpha value is -5.39. The lowest BCUT2D eigenvalue weighted by molar-refractivity contribution is -0.385. The molecule has 0 fully saturated rings. The summed E-state index contributed by atoms with van der Waals surface area (Å²) in [4.78, 5) is 75.8. The number of carbonyl (C=O) groups is 5. The number of esters is 2. The van der Waals surface area contributed by atoms with E-state index in [0.717, 1.165) is 6.07 Å². The molecule has 0 bridgehead atoms. The Bertz CT molecular complexity index is 1580. The van der Waals surface area contributed by atoms with E-state index in [1.807, 2.05) is 0 Å². The second-order valence-corrected chi connectivity index (χ2v) is 9.76. The smallest absolute Gasteiger partial charge is 0.343 e. The minimum absolute atomic E-state index is 0.0135. The van der Waals surface area contributed by atoms with E-state index in [-0.39, 0.29) is 34.8 Å². The van der Waals surface area contributed by atoms with Gasteiger partial charge in [0.15, 0.2) is 12.4 Å². The zero-order valence-corrected chi connectivity index (χ0v) is 22.9. The second-order valence-electron chi connectivity index (χ2n) is 9.76. The van der Waals surface area contributed by atoms with Gasteiger partial charge in [-0.15, -0.1) is 0 Å². The molecule has 0 aliphatic carbocycles. The minimum atomic E-state index is -1.40. The van der Waals surface area contributed by atoms with Gasteiger partial charge in [0.05, 0.1) is 23.2 Å². The van der Waals surface area contributed by atoms with E-state index in [4.69, 9.17) is 14.2 Å². The maximum absolute atomic E-state index is 13.1. The SMILES string of the molecule is COc1cccc(C(=O)Oc2ccc(C(=O)COC(=O)C(CC(C)C)N3C(=O)c4cccc([N+](=O)[O-])c4C3=O)cc2)c1. The molecular weight excluding hydrogens is 548 g/mol. The van der Waals surface area contributed by atoms with Crippen LogP contribution in [0.25, 0.3) is 0 Å². The van der Waals surface area contributed by atoms with E-state index >= 15 is 0 Å². The number of carbonyl (C=O) groups excluding carboxylic acids is 5. The van der Waals surface area contributed by atoms with Crippen LogP contribution in [0.4, 0.5) is 5.69 Å². The van der Waals surface area contributed by atoms with Gasteiger partial charge in [-0.05, 0) is 60.9 Å². The number of nitrogens with zero attached hydrogens (tertiary/aromatic N) is 2. The van der Waals surface area contributed by atoms with Crippen molar-refractivity contribution < 1.29 is 43.1 Å². The van der Waals surface area contributed by atoms with Crippen LogP contribution in [0.3, 0.4) is 0 Å². The fourth-order valence-electron chi connectivity index (χ4n) is 4.42. The predicted octanol–water partition coefficient (Wildman–Crippen LogP) is 4.26. The number of amides is 2. The quantitative estimate of drug-likeness (QED) is 0.0808. The molecule has 3 aromatic rings. The van der Waals surface area contributed by atoms with Crippen molar-refractivity contribution in [3.8, 4) is 11.5 Å². The Labute approximate surface area is 239 Å². The van der Waals surface area contributed by atoms with Crippen molar-refractivity contribution in [2.75, 3.05) is 13.7 Å². The molecule has 4 rings (SSSR count). The number of hydrogen-bond donors (Lipinski definition) is 0. The summed E-state index contributed by atoms with van der Waals surface area (Å²) in [5, 5.41) is 11.4. The molecule has 216 valence electrons. The van der Waals surface area contributed by atoms with E-state index in [1.54, 1.807) is 32.0 Å². The van der Waals surface area contributed by atoms with E-state index in [9.17, 15) is 34.1 Å². The Balaban J connectivity index is 1.43. The summed E-state index contributed by atoms with van der Waals surface area (Å²) in [5.74, 6) is -3.57. The maximum Gasteiger partial charge on any atom is 0.343 e. The molecule has 1 heterocycles. The second kappa shape index (κ2) is 12.4. The third-order valence-electron chi connectivity index (χ3n) is 6.44. The zero-order chi connectivity index (χ0) is 30.6. The highest BCUT2D eigenvalue weighted by Crippen LogP contribution is 2.33. The highest BCUT2D eigenvalue weighted by molar-refractivity contribution is 6.24. The summed E-state index contributed by atoms with van der Waals surface area (Å²) >= 11 is 0. The Morgan fingerprint density at radius 3 is 2.24 bits per heavy atom. The van der Waals surface area contributed by atoms with E-state index in [2.05, 4.69) is 0 Å². The summed E-state index contributed by atoms with van der Waals surface area (Å²) in [6, 6.07) is 14.3. The molecule has 0 saturated heterocycles. The van der Waals surface area contributed by atoms with E-state index in [1.165, 1.54) is 49.6 Å². The predicted molar refractivity (Wildman–Crippen MR) is 147 cm³/mol. The third kappa shape index (κ3) is 6.17. The molecule has 0 saturated carbocycles. The van der Waals surface area contributed by atoms with Gasteiger partial charge in [-0.2, -0.15) is 0 Å². The third-order valence-corrected chi connectivity index (χ3v) is 6.44. The first-order valence-corrected chi connectivity index (χ1v) is 12.8. The van der Waals surface area contributed by atoms with Crippen LogP contribution < -0.4 is 9.47 Å². The van der Waals surface area contributed by atoms with Gasteiger partial charge in [-0.1, -0.05) is 26.0 Å². The summed E-state index contributed by atoms with van der Waals surface area (Å²) in [7, 11) is 1.47. The van der Waals surface area contributed by atoms with E-state index in [0.29, 0.717) is 10.6 Å². The zero-order valence-electron chi connectivity index (χ0n) is 22.9. The minimum Gasteiger partial charge on any atom is -0.497 e. The van der Waals surface area contributed by atoms with Crippen LogP contribution in [0.2, 0.25) is 0 Å². The van der Waals surface area contributed by atoms with Crippen molar-refractivity contribution >= 4 is 35.2 Å². The lowest BCUT2D eigenvalue weighted by Crippen LogP contribution is -2.46. The molecule has 1 atom stereocenters. The van der Waals surface area contributed by atoms with Gasteiger partial charge in [-0.3, -0.25) is 29.4 Å². The summed E-state index contributed by atoms with van der Waals surface area (Å²) < 4.78 is 15.6. The number of nitro benzene ring substituents is 1. The van der Waals surface area contributed by atoms with Crippen LogP contribution in [-0.4, -0.2) is 59.1 Å². The van der Waals surface area contributed by atoms with Gasteiger partial charge >= 0.3 is 11.9 Å². The van der Waals surface area contributed by atoms with Crippen LogP contribution >= 0.6 is 0 Å². The Morgan fingerprint density at radius 2 is 1.60 bits per heavy atom. The Kier molecular flexibility index (Phi) is 8.75. The van der Waals surface area contributed by atoms with Crippen LogP contribution in [-0.2, 0) is 9.53 Å². The van der Waals surface area contributed by atoms with Gasteiger partial charge in [-0.25, -0.2) is 9.59 Å². The number of imide groups is 1.